The van der Waals surface area contributed by atoms with E-state index in [9.17, 15) is 4.79 Å². The summed E-state index contributed by atoms with van der Waals surface area (Å²) in [6.07, 6.45) is 5.21. The van der Waals surface area contributed by atoms with E-state index < -0.39 is 5.91 Å². The quantitative estimate of drug-likeness (QED) is 0.742. The highest BCUT2D eigenvalue weighted by Crippen LogP contribution is 2.22. The predicted molar refractivity (Wildman–Crippen MR) is 69.6 cm³/mol. The van der Waals surface area contributed by atoms with E-state index in [1.807, 2.05) is 41.1 Å². The highest BCUT2D eigenvalue weighted by atomic mass is 16.1. The van der Waals surface area contributed by atoms with Crippen molar-refractivity contribution in [2.45, 2.75) is 0 Å². The van der Waals surface area contributed by atoms with Crippen LogP contribution >= 0.6 is 0 Å². The van der Waals surface area contributed by atoms with Gasteiger partial charge in [-0.1, -0.05) is 24.3 Å². The Balaban J connectivity index is 2.33. The maximum atomic E-state index is 11.5. The summed E-state index contributed by atoms with van der Waals surface area (Å²) in [5, 5.41) is 1.85. The number of carbonyl (C=O) groups excluding carboxylic acids is 1. The predicted octanol–water partition coefficient (Wildman–Crippen LogP) is 2.12. The SMILES string of the molecule is NC(=O)c1cc(-n2ccnc2)cc2ccccc12. The van der Waals surface area contributed by atoms with E-state index >= 15 is 0 Å². The van der Waals surface area contributed by atoms with Gasteiger partial charge in [0, 0.05) is 23.6 Å². The van der Waals surface area contributed by atoms with Crippen molar-refractivity contribution in [3.8, 4) is 5.69 Å². The van der Waals surface area contributed by atoms with Crippen LogP contribution in [0, 0.1) is 0 Å². The minimum absolute atomic E-state index is 0.423. The van der Waals surface area contributed by atoms with Gasteiger partial charge in [-0.3, -0.25) is 4.79 Å². The van der Waals surface area contributed by atoms with Crippen molar-refractivity contribution in [2.75, 3.05) is 0 Å². The van der Waals surface area contributed by atoms with Gasteiger partial charge in [-0.05, 0) is 22.9 Å². The van der Waals surface area contributed by atoms with Crippen molar-refractivity contribution in [1.82, 2.24) is 9.55 Å². The number of rotatable bonds is 2. The number of primary amides is 1. The number of hydrogen-bond acceptors (Lipinski definition) is 2. The van der Waals surface area contributed by atoms with Gasteiger partial charge in [0.1, 0.15) is 0 Å². The van der Waals surface area contributed by atoms with Crippen molar-refractivity contribution in [3.63, 3.8) is 0 Å². The van der Waals surface area contributed by atoms with Crippen LogP contribution in [0.1, 0.15) is 10.4 Å². The molecule has 0 unspecified atom stereocenters. The van der Waals surface area contributed by atoms with Gasteiger partial charge in [0.25, 0.3) is 0 Å². The molecule has 4 heteroatoms. The fraction of sp³-hybridized carbons (Fsp3) is 0. The molecule has 1 amide bonds. The first-order valence-electron chi connectivity index (χ1n) is 5.56. The van der Waals surface area contributed by atoms with Crippen LogP contribution in [0.5, 0.6) is 0 Å². The van der Waals surface area contributed by atoms with Gasteiger partial charge >= 0.3 is 0 Å². The van der Waals surface area contributed by atoms with E-state index in [4.69, 9.17) is 5.73 Å². The van der Waals surface area contributed by atoms with Gasteiger partial charge in [0.15, 0.2) is 0 Å². The molecule has 2 N–H and O–H groups in total. The summed E-state index contributed by atoms with van der Waals surface area (Å²) < 4.78 is 1.85. The number of carbonyl (C=O) groups is 1. The van der Waals surface area contributed by atoms with Crippen molar-refractivity contribution < 1.29 is 4.79 Å². The number of imidazole rings is 1. The summed E-state index contributed by atoms with van der Waals surface area (Å²) >= 11 is 0. The lowest BCUT2D eigenvalue weighted by Gasteiger charge is -2.08. The third-order valence-corrected chi connectivity index (χ3v) is 2.91. The zero-order chi connectivity index (χ0) is 12.5. The fourth-order valence-electron chi connectivity index (χ4n) is 2.06. The maximum absolute atomic E-state index is 11.5. The van der Waals surface area contributed by atoms with Crippen LogP contribution in [0.2, 0.25) is 0 Å². The van der Waals surface area contributed by atoms with Crippen LogP contribution in [-0.4, -0.2) is 15.5 Å². The summed E-state index contributed by atoms with van der Waals surface area (Å²) in [5.74, 6) is -0.423. The molecule has 0 bridgehead atoms. The molecule has 3 rings (SSSR count). The Labute approximate surface area is 104 Å². The first kappa shape index (κ1) is 10.5. The van der Waals surface area contributed by atoms with Gasteiger partial charge < -0.3 is 10.3 Å². The Morgan fingerprint density at radius 2 is 2.06 bits per heavy atom. The normalized spacial score (nSPS) is 10.7. The molecule has 0 aliphatic heterocycles. The Morgan fingerprint density at radius 3 is 2.78 bits per heavy atom. The lowest BCUT2D eigenvalue weighted by Crippen LogP contribution is -2.12. The van der Waals surface area contributed by atoms with E-state index in [1.165, 1.54) is 0 Å². The third kappa shape index (κ3) is 1.64. The third-order valence-electron chi connectivity index (χ3n) is 2.91. The molecule has 0 fully saturated rings. The largest absolute Gasteiger partial charge is 0.366 e. The number of aromatic nitrogens is 2. The molecular formula is C14H11N3O. The average Bonchev–Trinajstić information content (AvgIpc) is 2.91. The number of nitrogens with two attached hydrogens (primary N) is 1. The molecule has 0 atom stereocenters. The molecule has 18 heavy (non-hydrogen) atoms. The van der Waals surface area contributed by atoms with Crippen LogP contribution in [0.4, 0.5) is 0 Å². The lowest BCUT2D eigenvalue weighted by molar-refractivity contribution is 0.100. The van der Waals surface area contributed by atoms with E-state index in [1.54, 1.807) is 18.6 Å². The molecule has 3 aromatic rings. The molecule has 0 radical (unpaired) electrons. The standard InChI is InChI=1S/C14H11N3O/c15-14(18)13-8-11(17-6-5-16-9-17)7-10-3-1-2-4-12(10)13/h1-9H,(H2,15,18). The maximum Gasteiger partial charge on any atom is 0.249 e. The van der Waals surface area contributed by atoms with Crippen molar-refractivity contribution in [1.29, 1.82) is 0 Å². The van der Waals surface area contributed by atoms with Crippen LogP contribution in [-0.2, 0) is 0 Å². The lowest BCUT2D eigenvalue weighted by atomic mass is 10.0. The second-order valence-electron chi connectivity index (χ2n) is 4.05. The second kappa shape index (κ2) is 4.00. The number of benzene rings is 2. The molecule has 0 saturated carbocycles. The number of amides is 1. The molecule has 4 nitrogen and oxygen atoms in total. The minimum Gasteiger partial charge on any atom is -0.366 e. The smallest absolute Gasteiger partial charge is 0.249 e. The minimum atomic E-state index is -0.423. The molecule has 0 aliphatic rings. The summed E-state index contributed by atoms with van der Waals surface area (Å²) in [7, 11) is 0. The van der Waals surface area contributed by atoms with Crippen LogP contribution < -0.4 is 5.73 Å². The van der Waals surface area contributed by atoms with E-state index in [0.717, 1.165) is 16.5 Å². The van der Waals surface area contributed by atoms with Gasteiger partial charge in [0.05, 0.1) is 6.33 Å². The Bertz CT molecular complexity index is 717. The molecule has 2 aromatic carbocycles. The van der Waals surface area contributed by atoms with Crippen LogP contribution in [0.25, 0.3) is 16.5 Å². The fourth-order valence-corrected chi connectivity index (χ4v) is 2.06. The highest BCUT2D eigenvalue weighted by molar-refractivity contribution is 6.07. The molecule has 0 spiro atoms. The van der Waals surface area contributed by atoms with E-state index in [0.29, 0.717) is 5.56 Å². The summed E-state index contributed by atoms with van der Waals surface area (Å²) in [5.41, 5.74) is 6.84. The summed E-state index contributed by atoms with van der Waals surface area (Å²) in [6.45, 7) is 0. The monoisotopic (exact) mass is 237 g/mol. The first-order chi connectivity index (χ1) is 8.75. The van der Waals surface area contributed by atoms with Gasteiger partial charge in [0.2, 0.25) is 5.91 Å². The van der Waals surface area contributed by atoms with Crippen LogP contribution in [0.15, 0.2) is 55.1 Å². The summed E-state index contributed by atoms with van der Waals surface area (Å²) in [6, 6.07) is 11.5. The molecular weight excluding hydrogens is 226 g/mol. The molecule has 0 saturated heterocycles. The van der Waals surface area contributed by atoms with Gasteiger partial charge in [-0.2, -0.15) is 0 Å². The molecule has 88 valence electrons. The highest BCUT2D eigenvalue weighted by Gasteiger charge is 2.09. The van der Waals surface area contributed by atoms with E-state index in [-0.39, 0.29) is 0 Å². The Hall–Kier alpha value is -2.62. The zero-order valence-electron chi connectivity index (χ0n) is 9.58. The Kier molecular flexibility index (Phi) is 2.34. The Morgan fingerprint density at radius 1 is 1.22 bits per heavy atom. The first-order valence-corrected chi connectivity index (χ1v) is 5.56. The van der Waals surface area contributed by atoms with Crippen molar-refractivity contribution >= 4 is 16.7 Å². The molecule has 0 aliphatic carbocycles. The number of fused-ring (bicyclic) bond motifs is 1. The van der Waals surface area contributed by atoms with Crippen molar-refractivity contribution in [2.24, 2.45) is 5.73 Å². The topological polar surface area (TPSA) is 60.9 Å². The second-order valence-corrected chi connectivity index (χ2v) is 4.05. The number of hydrogen-bond donors (Lipinski definition) is 1. The zero-order valence-corrected chi connectivity index (χ0v) is 9.58. The molecule has 1 aromatic heterocycles. The molecule has 1 heterocycles. The van der Waals surface area contributed by atoms with Gasteiger partial charge in [-0.15, -0.1) is 0 Å². The average molecular weight is 237 g/mol. The van der Waals surface area contributed by atoms with Crippen molar-refractivity contribution in [3.05, 3.63) is 60.7 Å². The van der Waals surface area contributed by atoms with Crippen LogP contribution in [0.3, 0.4) is 0 Å². The van der Waals surface area contributed by atoms with Gasteiger partial charge in [-0.25, -0.2) is 4.98 Å². The summed E-state index contributed by atoms with van der Waals surface area (Å²) in [4.78, 5) is 15.5. The number of nitrogens with zero attached hydrogens (tertiary/aromatic N) is 2. The van der Waals surface area contributed by atoms with E-state index in [2.05, 4.69) is 4.98 Å².